The summed E-state index contributed by atoms with van der Waals surface area (Å²) in [5.74, 6) is 0.0573. The predicted octanol–water partition coefficient (Wildman–Crippen LogP) is 3.70. The van der Waals surface area contributed by atoms with Crippen LogP contribution in [0.1, 0.15) is 40.9 Å². The lowest BCUT2D eigenvalue weighted by molar-refractivity contribution is -0.124. The second kappa shape index (κ2) is 8.50. The van der Waals surface area contributed by atoms with E-state index in [4.69, 9.17) is 9.94 Å². The van der Waals surface area contributed by atoms with E-state index in [-0.39, 0.29) is 5.78 Å². The molecule has 1 saturated heterocycles. The number of fused-ring (bicyclic) bond motifs is 2. The Kier molecular flexibility index (Phi) is 5.52. The molecule has 1 spiro atoms. The lowest BCUT2D eigenvalue weighted by Gasteiger charge is -2.44. The van der Waals surface area contributed by atoms with Crippen molar-refractivity contribution in [2.24, 2.45) is 7.05 Å². The summed E-state index contributed by atoms with van der Waals surface area (Å²) in [6.45, 7) is 2.63. The molecule has 0 bridgehead atoms. The third kappa shape index (κ3) is 4.17. The first-order valence-corrected chi connectivity index (χ1v) is 11.2. The number of likely N-dealkylation sites (tertiary alicyclic amines) is 1. The molecule has 7 nitrogen and oxygen atoms in total. The van der Waals surface area contributed by atoms with Gasteiger partial charge in [0.15, 0.2) is 5.78 Å². The number of nitrogens with one attached hydrogen (secondary N) is 1. The van der Waals surface area contributed by atoms with E-state index in [0.29, 0.717) is 23.3 Å². The summed E-state index contributed by atoms with van der Waals surface area (Å²) in [6.07, 6.45) is 4.74. The van der Waals surface area contributed by atoms with E-state index in [0.717, 1.165) is 32.5 Å². The molecule has 1 aromatic heterocycles. The second-order valence-electron chi connectivity index (χ2n) is 8.98. The van der Waals surface area contributed by atoms with Gasteiger partial charge in [-0.1, -0.05) is 24.3 Å². The third-order valence-electron chi connectivity index (χ3n) is 6.85. The molecule has 7 heteroatoms. The first-order valence-electron chi connectivity index (χ1n) is 11.2. The maximum absolute atomic E-state index is 13.0. The third-order valence-corrected chi connectivity index (χ3v) is 6.85. The molecule has 2 N–H and O–H groups in total. The Morgan fingerprint density at radius 3 is 2.73 bits per heavy atom. The van der Waals surface area contributed by atoms with E-state index >= 15 is 0 Å². The van der Waals surface area contributed by atoms with Crippen molar-refractivity contribution in [3.05, 3.63) is 71.4 Å². The van der Waals surface area contributed by atoms with Crippen molar-refractivity contribution in [1.29, 1.82) is 0 Å². The van der Waals surface area contributed by atoms with Gasteiger partial charge >= 0.3 is 0 Å². The highest BCUT2D eigenvalue weighted by molar-refractivity contribution is 6.01. The fourth-order valence-electron chi connectivity index (χ4n) is 4.95. The lowest BCUT2D eigenvalue weighted by Crippen LogP contribution is -2.50. The van der Waals surface area contributed by atoms with Crippen molar-refractivity contribution >= 4 is 28.7 Å². The van der Waals surface area contributed by atoms with Gasteiger partial charge in [0.1, 0.15) is 11.4 Å². The van der Waals surface area contributed by atoms with Crippen molar-refractivity contribution in [1.82, 2.24) is 14.9 Å². The van der Waals surface area contributed by atoms with E-state index in [2.05, 4.69) is 46.8 Å². The average molecular weight is 446 g/mol. The summed E-state index contributed by atoms with van der Waals surface area (Å²) >= 11 is 0. The smallest absolute Gasteiger partial charge is 0.267 e. The fraction of sp³-hybridized carbons (Fsp3) is 0.308. The Hall–Kier alpha value is -3.42. The van der Waals surface area contributed by atoms with Crippen LogP contribution in [0.15, 0.2) is 54.6 Å². The molecule has 1 fully saturated rings. The number of para-hydroxylation sites is 1. The maximum Gasteiger partial charge on any atom is 0.267 e. The molecular formula is C26H27N3O4. The summed E-state index contributed by atoms with van der Waals surface area (Å²) in [4.78, 5) is 26.6. The number of rotatable bonds is 4. The molecule has 0 aliphatic carbocycles. The highest BCUT2D eigenvalue weighted by atomic mass is 16.5. The van der Waals surface area contributed by atoms with E-state index < -0.39 is 11.5 Å². The number of hydroxylamine groups is 1. The zero-order valence-corrected chi connectivity index (χ0v) is 18.6. The number of hydrogen-bond acceptors (Lipinski definition) is 5. The minimum Gasteiger partial charge on any atom is -0.486 e. The van der Waals surface area contributed by atoms with Crippen molar-refractivity contribution in [3.8, 4) is 5.75 Å². The number of benzene rings is 2. The molecule has 2 aliphatic heterocycles. The highest BCUT2D eigenvalue weighted by Crippen LogP contribution is 2.40. The van der Waals surface area contributed by atoms with Crippen molar-refractivity contribution < 1.29 is 19.5 Å². The van der Waals surface area contributed by atoms with Crippen LogP contribution in [0.2, 0.25) is 0 Å². The largest absolute Gasteiger partial charge is 0.486 e. The molecule has 3 aromatic rings. The number of aromatic nitrogens is 1. The van der Waals surface area contributed by atoms with Crippen LogP contribution in [0.5, 0.6) is 5.75 Å². The normalized spacial score (nSPS) is 17.9. The zero-order valence-electron chi connectivity index (χ0n) is 18.6. The summed E-state index contributed by atoms with van der Waals surface area (Å²) in [7, 11) is 2.11. The Morgan fingerprint density at radius 1 is 1.18 bits per heavy atom. The minimum atomic E-state index is -0.621. The average Bonchev–Trinajstić information content (AvgIpc) is 3.14. The van der Waals surface area contributed by atoms with Gasteiger partial charge in [0.05, 0.1) is 12.0 Å². The van der Waals surface area contributed by atoms with Gasteiger partial charge in [0.2, 0.25) is 0 Å². The standard InChI is InChI=1S/C26H27N3O4/c1-28-20(15-19-4-2-3-5-22(19)28)17-29-12-10-26(11-13-29)16-23(30)21-14-18(6-8-24(21)33-26)7-9-25(31)27-32/h2-9,14-15,32H,10-13,16-17H2,1H3,(H,27,31). The molecule has 2 aromatic carbocycles. The quantitative estimate of drug-likeness (QED) is 0.364. The number of amides is 1. The maximum atomic E-state index is 13.0. The Morgan fingerprint density at radius 2 is 1.97 bits per heavy atom. The minimum absolute atomic E-state index is 0.0697. The van der Waals surface area contributed by atoms with E-state index in [9.17, 15) is 9.59 Å². The van der Waals surface area contributed by atoms with Gasteiger partial charge in [0, 0.05) is 56.8 Å². The molecule has 3 heterocycles. The second-order valence-corrected chi connectivity index (χ2v) is 8.98. The first-order chi connectivity index (χ1) is 16.0. The molecule has 5 rings (SSSR count). The SMILES string of the molecule is Cn1c(CN2CCC3(CC2)CC(=O)c2cc(C=CC(=O)NO)ccc2O3)cc2ccccc21. The number of Topliss-reactive ketones (excluding diaryl/α,β-unsaturated/α-hetero) is 1. The summed E-state index contributed by atoms with van der Waals surface area (Å²) in [5, 5.41) is 9.86. The number of ketones is 1. The van der Waals surface area contributed by atoms with Crippen LogP contribution in [0, 0.1) is 0 Å². The van der Waals surface area contributed by atoms with Crippen LogP contribution in [-0.4, -0.2) is 45.1 Å². The van der Waals surface area contributed by atoms with Crippen LogP contribution in [-0.2, 0) is 18.4 Å². The molecule has 0 saturated carbocycles. The van der Waals surface area contributed by atoms with E-state index in [1.807, 2.05) is 6.07 Å². The van der Waals surface area contributed by atoms with Crippen LogP contribution in [0.25, 0.3) is 17.0 Å². The molecule has 0 unspecified atom stereocenters. The molecule has 0 radical (unpaired) electrons. The fourth-order valence-corrected chi connectivity index (χ4v) is 4.95. The van der Waals surface area contributed by atoms with Gasteiger partial charge in [-0.05, 0) is 41.3 Å². The molecule has 0 atom stereocenters. The highest BCUT2D eigenvalue weighted by Gasteiger charge is 2.43. The monoisotopic (exact) mass is 445 g/mol. The van der Waals surface area contributed by atoms with Gasteiger partial charge in [-0.3, -0.25) is 19.7 Å². The number of hydrogen-bond donors (Lipinski definition) is 2. The Bertz CT molecular complexity index is 1250. The van der Waals surface area contributed by atoms with Crippen LogP contribution in [0.3, 0.4) is 0 Å². The van der Waals surface area contributed by atoms with Gasteiger partial charge in [-0.15, -0.1) is 0 Å². The number of carbonyl (C=O) groups is 2. The molecular weight excluding hydrogens is 418 g/mol. The number of aryl methyl sites for hydroxylation is 1. The van der Waals surface area contributed by atoms with E-state index in [1.54, 1.807) is 23.7 Å². The predicted molar refractivity (Wildman–Crippen MR) is 125 cm³/mol. The summed E-state index contributed by atoms with van der Waals surface area (Å²) in [5.41, 5.74) is 4.88. The van der Waals surface area contributed by atoms with Crippen LogP contribution < -0.4 is 10.2 Å². The Balaban J connectivity index is 1.26. The van der Waals surface area contributed by atoms with Crippen LogP contribution in [0.4, 0.5) is 0 Å². The van der Waals surface area contributed by atoms with Crippen LogP contribution >= 0.6 is 0 Å². The number of piperidine rings is 1. The van der Waals surface area contributed by atoms with Gasteiger partial charge < -0.3 is 9.30 Å². The molecule has 1 amide bonds. The van der Waals surface area contributed by atoms with Gasteiger partial charge in [0.25, 0.3) is 5.91 Å². The van der Waals surface area contributed by atoms with Crippen molar-refractivity contribution in [2.75, 3.05) is 13.1 Å². The molecule has 33 heavy (non-hydrogen) atoms. The lowest BCUT2D eigenvalue weighted by atomic mass is 9.82. The first kappa shape index (κ1) is 21.4. The topological polar surface area (TPSA) is 83.8 Å². The number of ether oxygens (including phenoxy) is 1. The van der Waals surface area contributed by atoms with E-state index in [1.165, 1.54) is 22.7 Å². The van der Waals surface area contributed by atoms with Crippen molar-refractivity contribution in [3.63, 3.8) is 0 Å². The summed E-state index contributed by atoms with van der Waals surface area (Å²) in [6, 6.07) is 16.0. The summed E-state index contributed by atoms with van der Waals surface area (Å²) < 4.78 is 8.66. The zero-order chi connectivity index (χ0) is 23.0. The van der Waals surface area contributed by atoms with Crippen molar-refractivity contribution in [2.45, 2.75) is 31.4 Å². The molecule has 170 valence electrons. The van der Waals surface area contributed by atoms with Gasteiger partial charge in [-0.2, -0.15) is 0 Å². The number of carbonyl (C=O) groups excluding carboxylic acids is 2. The van der Waals surface area contributed by atoms with Gasteiger partial charge in [-0.25, -0.2) is 5.48 Å². The molecule has 2 aliphatic rings. The number of nitrogens with zero attached hydrogens (tertiary/aromatic N) is 2. The Labute approximate surface area is 192 Å².